The van der Waals surface area contributed by atoms with Crippen LogP contribution in [-0.2, 0) is 0 Å². The Morgan fingerprint density at radius 1 is 1.20 bits per heavy atom. The summed E-state index contributed by atoms with van der Waals surface area (Å²) < 4.78 is 13.1. The summed E-state index contributed by atoms with van der Waals surface area (Å²) in [5.41, 5.74) is 3.67. The number of carbonyl (C=O) groups is 1. The van der Waals surface area contributed by atoms with Crippen LogP contribution in [0.5, 0.6) is 0 Å². The number of benzene rings is 1. The minimum atomic E-state index is -1.22. The van der Waals surface area contributed by atoms with Crippen LogP contribution in [-0.4, -0.2) is 16.1 Å². The molecule has 5 heteroatoms. The van der Waals surface area contributed by atoms with Gasteiger partial charge in [-0.2, -0.15) is 0 Å². The number of rotatable bonds is 3. The second kappa shape index (κ2) is 5.28. The average molecular weight is 274 g/mol. The van der Waals surface area contributed by atoms with Crippen LogP contribution in [0.2, 0.25) is 0 Å². The summed E-state index contributed by atoms with van der Waals surface area (Å²) in [7, 11) is 0. The van der Waals surface area contributed by atoms with Crippen LogP contribution >= 0.6 is 0 Å². The molecule has 0 saturated heterocycles. The van der Waals surface area contributed by atoms with Crippen molar-refractivity contribution >= 4 is 17.5 Å². The van der Waals surface area contributed by atoms with Crippen molar-refractivity contribution in [2.45, 2.75) is 20.8 Å². The molecular weight excluding hydrogens is 259 g/mol. The summed E-state index contributed by atoms with van der Waals surface area (Å²) >= 11 is 0. The number of carboxylic acid groups (broad SMARTS) is 1. The Balaban J connectivity index is 2.48. The van der Waals surface area contributed by atoms with Gasteiger partial charge in [0.2, 0.25) is 0 Å². The van der Waals surface area contributed by atoms with Gasteiger partial charge in [-0.15, -0.1) is 0 Å². The maximum atomic E-state index is 13.1. The van der Waals surface area contributed by atoms with E-state index in [-0.39, 0.29) is 11.4 Å². The van der Waals surface area contributed by atoms with E-state index in [0.717, 1.165) is 34.6 Å². The molecule has 104 valence electrons. The minimum Gasteiger partial charge on any atom is -0.478 e. The second-order valence-electron chi connectivity index (χ2n) is 4.75. The summed E-state index contributed by atoms with van der Waals surface area (Å²) in [6.45, 7) is 5.83. The number of nitrogens with one attached hydrogen (secondary N) is 1. The molecule has 1 aromatic carbocycles. The molecule has 1 heterocycles. The predicted octanol–water partition coefficient (Wildman–Crippen LogP) is 3.59. The number of carboxylic acids is 1. The van der Waals surface area contributed by atoms with Crippen molar-refractivity contribution < 1.29 is 14.3 Å². The number of aromatic carboxylic acids is 1. The average Bonchev–Trinajstić information content (AvgIpc) is 2.34. The number of aromatic nitrogens is 1. The van der Waals surface area contributed by atoms with Gasteiger partial charge >= 0.3 is 5.97 Å². The van der Waals surface area contributed by atoms with Gasteiger partial charge in [0.15, 0.2) is 0 Å². The fourth-order valence-corrected chi connectivity index (χ4v) is 2.20. The van der Waals surface area contributed by atoms with Gasteiger partial charge in [-0.1, -0.05) is 17.7 Å². The minimum absolute atomic E-state index is 0.133. The molecule has 0 aliphatic rings. The molecular formula is C15H15FN2O2. The van der Waals surface area contributed by atoms with Crippen molar-refractivity contribution in [2.24, 2.45) is 0 Å². The zero-order chi connectivity index (χ0) is 14.9. The number of hydrogen-bond acceptors (Lipinski definition) is 3. The van der Waals surface area contributed by atoms with Gasteiger partial charge in [0, 0.05) is 5.69 Å². The number of nitrogens with zero attached hydrogens (tertiary/aromatic N) is 1. The highest BCUT2D eigenvalue weighted by Gasteiger charge is 2.14. The van der Waals surface area contributed by atoms with E-state index >= 15 is 0 Å². The summed E-state index contributed by atoms with van der Waals surface area (Å²) in [6, 6.07) is 4.93. The van der Waals surface area contributed by atoms with E-state index in [9.17, 15) is 9.18 Å². The molecule has 1 aromatic heterocycles. The van der Waals surface area contributed by atoms with Gasteiger partial charge in [0.1, 0.15) is 17.2 Å². The Hall–Kier alpha value is -2.43. The van der Waals surface area contributed by atoms with Crippen molar-refractivity contribution in [2.75, 3.05) is 5.32 Å². The lowest BCUT2D eigenvalue weighted by Crippen LogP contribution is -2.07. The molecule has 0 amide bonds. The van der Waals surface area contributed by atoms with Crippen molar-refractivity contribution in [3.05, 3.63) is 52.5 Å². The van der Waals surface area contributed by atoms with Crippen molar-refractivity contribution in [3.63, 3.8) is 0 Å². The molecule has 0 spiro atoms. The van der Waals surface area contributed by atoms with Gasteiger partial charge in [-0.25, -0.2) is 14.2 Å². The Kier molecular flexibility index (Phi) is 3.70. The van der Waals surface area contributed by atoms with Gasteiger partial charge in [0.05, 0.1) is 6.20 Å². The molecule has 20 heavy (non-hydrogen) atoms. The normalized spacial score (nSPS) is 10.4. The van der Waals surface area contributed by atoms with E-state index in [4.69, 9.17) is 5.11 Å². The molecule has 2 rings (SSSR count). The number of halogens is 1. The number of pyridine rings is 1. The third kappa shape index (κ3) is 2.77. The molecule has 0 fully saturated rings. The number of hydrogen-bond donors (Lipinski definition) is 2. The highest BCUT2D eigenvalue weighted by atomic mass is 19.1. The summed E-state index contributed by atoms with van der Waals surface area (Å²) in [5.74, 6) is -1.76. The Bertz CT molecular complexity index is 661. The number of anilines is 2. The Labute approximate surface area is 116 Å². The van der Waals surface area contributed by atoms with E-state index < -0.39 is 11.8 Å². The largest absolute Gasteiger partial charge is 0.478 e. The van der Waals surface area contributed by atoms with Crippen LogP contribution in [0.4, 0.5) is 15.9 Å². The maximum absolute atomic E-state index is 13.1. The summed E-state index contributed by atoms with van der Waals surface area (Å²) in [6.07, 6.45) is 0.994. The van der Waals surface area contributed by atoms with Crippen LogP contribution in [0, 0.1) is 26.6 Å². The predicted molar refractivity (Wildman–Crippen MR) is 75.1 cm³/mol. The molecule has 2 N–H and O–H groups in total. The first-order valence-corrected chi connectivity index (χ1v) is 6.12. The van der Waals surface area contributed by atoms with E-state index in [0.29, 0.717) is 0 Å². The van der Waals surface area contributed by atoms with E-state index in [2.05, 4.69) is 10.3 Å². The fraction of sp³-hybridized carbons (Fsp3) is 0.200. The monoisotopic (exact) mass is 274 g/mol. The molecule has 0 saturated carbocycles. The summed E-state index contributed by atoms with van der Waals surface area (Å²) in [5, 5.41) is 12.1. The van der Waals surface area contributed by atoms with Crippen LogP contribution in [0.25, 0.3) is 0 Å². The molecule has 0 aliphatic heterocycles. The number of aryl methyl sites for hydroxylation is 3. The Morgan fingerprint density at radius 3 is 2.35 bits per heavy atom. The van der Waals surface area contributed by atoms with Crippen LogP contribution in [0.1, 0.15) is 27.0 Å². The zero-order valence-electron chi connectivity index (χ0n) is 11.5. The Morgan fingerprint density at radius 2 is 1.80 bits per heavy atom. The molecule has 0 bridgehead atoms. The van der Waals surface area contributed by atoms with Crippen molar-refractivity contribution in [1.29, 1.82) is 0 Å². The SMILES string of the molecule is Cc1cc(C)c(Nc2ncc(F)cc2C(=O)O)c(C)c1. The van der Waals surface area contributed by atoms with Crippen LogP contribution in [0.3, 0.4) is 0 Å². The first-order valence-electron chi connectivity index (χ1n) is 6.12. The molecule has 0 radical (unpaired) electrons. The van der Waals surface area contributed by atoms with Gasteiger partial charge in [-0.05, 0) is 38.0 Å². The van der Waals surface area contributed by atoms with Crippen molar-refractivity contribution in [3.8, 4) is 0 Å². The van der Waals surface area contributed by atoms with E-state index in [1.807, 2.05) is 32.9 Å². The molecule has 4 nitrogen and oxygen atoms in total. The van der Waals surface area contributed by atoms with E-state index in [1.165, 1.54) is 0 Å². The third-order valence-electron chi connectivity index (χ3n) is 3.01. The van der Waals surface area contributed by atoms with Crippen LogP contribution < -0.4 is 5.32 Å². The van der Waals surface area contributed by atoms with Crippen LogP contribution in [0.15, 0.2) is 24.4 Å². The first kappa shape index (κ1) is 14.0. The lowest BCUT2D eigenvalue weighted by atomic mass is 10.0. The van der Waals surface area contributed by atoms with Gasteiger partial charge < -0.3 is 10.4 Å². The molecule has 0 unspecified atom stereocenters. The maximum Gasteiger partial charge on any atom is 0.339 e. The van der Waals surface area contributed by atoms with Crippen molar-refractivity contribution in [1.82, 2.24) is 4.98 Å². The lowest BCUT2D eigenvalue weighted by Gasteiger charge is -2.14. The second-order valence-corrected chi connectivity index (χ2v) is 4.75. The lowest BCUT2D eigenvalue weighted by molar-refractivity contribution is 0.0697. The highest BCUT2D eigenvalue weighted by molar-refractivity contribution is 5.94. The summed E-state index contributed by atoms with van der Waals surface area (Å²) in [4.78, 5) is 15.0. The topological polar surface area (TPSA) is 62.2 Å². The molecule has 0 aliphatic carbocycles. The zero-order valence-corrected chi connectivity index (χ0v) is 11.5. The quantitative estimate of drug-likeness (QED) is 0.897. The highest BCUT2D eigenvalue weighted by Crippen LogP contribution is 2.26. The standard InChI is InChI=1S/C15H15FN2O2/c1-8-4-9(2)13(10(3)5-8)18-14-12(15(19)20)6-11(16)7-17-14/h4-7H,1-3H3,(H,17,18)(H,19,20). The van der Waals surface area contributed by atoms with Gasteiger partial charge in [-0.3, -0.25) is 0 Å². The smallest absolute Gasteiger partial charge is 0.339 e. The first-order chi connectivity index (χ1) is 9.38. The van der Waals surface area contributed by atoms with E-state index in [1.54, 1.807) is 0 Å². The fourth-order valence-electron chi connectivity index (χ4n) is 2.20. The molecule has 0 atom stereocenters. The molecule has 2 aromatic rings. The van der Waals surface area contributed by atoms with Gasteiger partial charge in [0.25, 0.3) is 0 Å². The third-order valence-corrected chi connectivity index (χ3v) is 3.01.